The number of aromatic carboxylic acids is 1. The molecule has 3 N–H and O–H groups in total. The van der Waals surface area contributed by atoms with Gasteiger partial charge in [-0.15, -0.1) is 0 Å². The molecule has 0 aromatic heterocycles. The smallest absolute Gasteiger partial charge is 0.338 e. The summed E-state index contributed by atoms with van der Waals surface area (Å²) in [5.41, 5.74) is -0.664. The van der Waals surface area contributed by atoms with Crippen molar-refractivity contribution in [2.24, 2.45) is 0 Å². The Morgan fingerprint density at radius 2 is 2.22 bits per heavy atom. The van der Waals surface area contributed by atoms with Gasteiger partial charge < -0.3 is 15.7 Å². The predicted octanol–water partition coefficient (Wildman–Crippen LogP) is 1.83. The van der Waals surface area contributed by atoms with E-state index in [0.29, 0.717) is 6.54 Å². The third kappa shape index (κ3) is 2.59. The van der Waals surface area contributed by atoms with Crippen LogP contribution >= 0.6 is 0 Å². The SMILES string of the molecule is O=C(O)c1ccc(NCC2CCCN2)c(F)c1F. The van der Waals surface area contributed by atoms with Crippen molar-refractivity contribution >= 4 is 11.7 Å². The summed E-state index contributed by atoms with van der Waals surface area (Å²) >= 11 is 0. The molecule has 1 aliphatic rings. The Morgan fingerprint density at radius 1 is 1.44 bits per heavy atom. The zero-order valence-corrected chi connectivity index (χ0v) is 9.67. The maximum Gasteiger partial charge on any atom is 0.338 e. The number of nitrogens with one attached hydrogen (secondary N) is 2. The van der Waals surface area contributed by atoms with Gasteiger partial charge in [0.1, 0.15) is 0 Å². The highest BCUT2D eigenvalue weighted by Gasteiger charge is 2.19. The van der Waals surface area contributed by atoms with Gasteiger partial charge in [0.15, 0.2) is 11.6 Å². The Bertz CT molecular complexity index is 460. The van der Waals surface area contributed by atoms with Gasteiger partial charge in [-0.2, -0.15) is 0 Å². The minimum Gasteiger partial charge on any atom is -0.478 e. The third-order valence-electron chi connectivity index (χ3n) is 3.01. The Balaban J connectivity index is 2.09. The molecule has 0 bridgehead atoms. The summed E-state index contributed by atoms with van der Waals surface area (Å²) in [5, 5.41) is 14.7. The van der Waals surface area contributed by atoms with Crippen LogP contribution in [0.1, 0.15) is 23.2 Å². The summed E-state index contributed by atoms with van der Waals surface area (Å²) in [6.07, 6.45) is 2.06. The van der Waals surface area contributed by atoms with Crippen LogP contribution in [0.25, 0.3) is 0 Å². The number of halogens is 2. The molecule has 18 heavy (non-hydrogen) atoms. The van der Waals surface area contributed by atoms with Gasteiger partial charge in [-0.3, -0.25) is 0 Å². The van der Waals surface area contributed by atoms with Crippen LogP contribution in [-0.2, 0) is 0 Å². The van der Waals surface area contributed by atoms with Gasteiger partial charge in [-0.1, -0.05) is 0 Å². The molecule has 0 spiro atoms. The lowest BCUT2D eigenvalue weighted by molar-refractivity contribution is 0.0690. The number of anilines is 1. The number of carboxylic acids is 1. The van der Waals surface area contributed by atoms with Crippen molar-refractivity contribution in [3.63, 3.8) is 0 Å². The van der Waals surface area contributed by atoms with Gasteiger partial charge >= 0.3 is 5.97 Å². The second kappa shape index (κ2) is 5.30. The molecule has 4 nitrogen and oxygen atoms in total. The molecule has 1 fully saturated rings. The van der Waals surface area contributed by atoms with Crippen LogP contribution in [0.5, 0.6) is 0 Å². The zero-order chi connectivity index (χ0) is 13.1. The van der Waals surface area contributed by atoms with Gasteiger partial charge in [-0.25, -0.2) is 13.6 Å². The normalized spacial score (nSPS) is 18.9. The van der Waals surface area contributed by atoms with E-state index in [4.69, 9.17) is 5.11 Å². The van der Waals surface area contributed by atoms with Crippen molar-refractivity contribution in [2.45, 2.75) is 18.9 Å². The van der Waals surface area contributed by atoms with Gasteiger partial charge in [0.2, 0.25) is 0 Å². The molecule has 1 atom stereocenters. The fourth-order valence-corrected chi connectivity index (χ4v) is 2.02. The van der Waals surface area contributed by atoms with Crippen LogP contribution in [0.3, 0.4) is 0 Å². The lowest BCUT2D eigenvalue weighted by atomic mass is 10.1. The van der Waals surface area contributed by atoms with Crippen LogP contribution < -0.4 is 10.6 Å². The minimum absolute atomic E-state index is 0.00815. The van der Waals surface area contributed by atoms with Crippen LogP contribution in [0.15, 0.2) is 12.1 Å². The van der Waals surface area contributed by atoms with Crippen molar-refractivity contribution < 1.29 is 18.7 Å². The molecule has 1 heterocycles. The average Bonchev–Trinajstić information content (AvgIpc) is 2.83. The molecule has 0 aliphatic carbocycles. The van der Waals surface area contributed by atoms with Crippen molar-refractivity contribution in [2.75, 3.05) is 18.4 Å². The van der Waals surface area contributed by atoms with E-state index in [1.165, 1.54) is 6.07 Å². The van der Waals surface area contributed by atoms with E-state index < -0.39 is 23.2 Å². The van der Waals surface area contributed by atoms with Crippen LogP contribution in [0.4, 0.5) is 14.5 Å². The second-order valence-corrected chi connectivity index (χ2v) is 4.27. The highest BCUT2D eigenvalue weighted by molar-refractivity contribution is 5.88. The van der Waals surface area contributed by atoms with Crippen molar-refractivity contribution in [3.8, 4) is 0 Å². The number of hydrogen-bond donors (Lipinski definition) is 3. The molecule has 0 amide bonds. The first kappa shape index (κ1) is 12.8. The highest BCUT2D eigenvalue weighted by atomic mass is 19.2. The van der Waals surface area contributed by atoms with Crippen molar-refractivity contribution in [1.29, 1.82) is 0 Å². The molecule has 2 rings (SSSR count). The van der Waals surface area contributed by atoms with Crippen LogP contribution in [-0.4, -0.2) is 30.2 Å². The van der Waals surface area contributed by atoms with E-state index in [-0.39, 0.29) is 11.7 Å². The second-order valence-electron chi connectivity index (χ2n) is 4.27. The molecule has 1 aromatic rings. The molecular weight excluding hydrogens is 242 g/mol. The van der Waals surface area contributed by atoms with Gasteiger partial charge in [-0.05, 0) is 31.5 Å². The molecule has 1 aliphatic heterocycles. The fraction of sp³-hybridized carbons (Fsp3) is 0.417. The summed E-state index contributed by atoms with van der Waals surface area (Å²) < 4.78 is 27.0. The largest absolute Gasteiger partial charge is 0.478 e. The van der Waals surface area contributed by atoms with E-state index in [1.807, 2.05) is 0 Å². The quantitative estimate of drug-likeness (QED) is 0.769. The first-order chi connectivity index (χ1) is 8.59. The Labute approximate surface area is 103 Å². The zero-order valence-electron chi connectivity index (χ0n) is 9.67. The Hall–Kier alpha value is -1.69. The van der Waals surface area contributed by atoms with E-state index in [9.17, 15) is 13.6 Å². The predicted molar refractivity (Wildman–Crippen MR) is 62.8 cm³/mol. The number of carbonyl (C=O) groups is 1. The first-order valence-corrected chi connectivity index (χ1v) is 5.78. The van der Waals surface area contributed by atoms with E-state index in [1.54, 1.807) is 0 Å². The molecule has 0 saturated carbocycles. The summed E-state index contributed by atoms with van der Waals surface area (Å²) in [4.78, 5) is 10.6. The van der Waals surface area contributed by atoms with E-state index in [0.717, 1.165) is 25.5 Å². The molecule has 1 aromatic carbocycles. The summed E-state index contributed by atoms with van der Waals surface area (Å²) in [7, 11) is 0. The van der Waals surface area contributed by atoms with E-state index in [2.05, 4.69) is 10.6 Å². The molecule has 0 radical (unpaired) electrons. The highest BCUT2D eigenvalue weighted by Crippen LogP contribution is 2.21. The minimum atomic E-state index is -1.48. The summed E-state index contributed by atoms with van der Waals surface area (Å²) in [6, 6.07) is 2.55. The topological polar surface area (TPSA) is 61.4 Å². The first-order valence-electron chi connectivity index (χ1n) is 5.78. The summed E-state index contributed by atoms with van der Waals surface area (Å²) in [5.74, 6) is -3.95. The molecule has 98 valence electrons. The van der Waals surface area contributed by atoms with E-state index >= 15 is 0 Å². The average molecular weight is 256 g/mol. The lowest BCUT2D eigenvalue weighted by Crippen LogP contribution is -2.29. The number of rotatable bonds is 4. The number of hydrogen-bond acceptors (Lipinski definition) is 3. The van der Waals surface area contributed by atoms with Crippen molar-refractivity contribution in [3.05, 3.63) is 29.3 Å². The Morgan fingerprint density at radius 3 is 2.83 bits per heavy atom. The van der Waals surface area contributed by atoms with Gasteiger partial charge in [0.25, 0.3) is 0 Å². The van der Waals surface area contributed by atoms with Gasteiger partial charge in [0.05, 0.1) is 11.3 Å². The number of carboxylic acid groups (broad SMARTS) is 1. The molecule has 6 heteroatoms. The molecular formula is C12H14F2N2O2. The standard InChI is InChI=1S/C12H14F2N2O2/c13-10-8(12(17)18)3-4-9(11(10)14)16-6-7-2-1-5-15-7/h3-4,7,15-16H,1-2,5-6H2,(H,17,18). The maximum atomic E-state index is 13.6. The maximum absolute atomic E-state index is 13.6. The molecule has 1 saturated heterocycles. The van der Waals surface area contributed by atoms with Crippen LogP contribution in [0, 0.1) is 11.6 Å². The fourth-order valence-electron chi connectivity index (χ4n) is 2.02. The lowest BCUT2D eigenvalue weighted by Gasteiger charge is -2.13. The Kier molecular flexibility index (Phi) is 3.76. The monoisotopic (exact) mass is 256 g/mol. The van der Waals surface area contributed by atoms with Gasteiger partial charge in [0, 0.05) is 12.6 Å². The summed E-state index contributed by atoms with van der Waals surface area (Å²) in [6.45, 7) is 1.42. The van der Waals surface area contributed by atoms with Crippen LogP contribution in [0.2, 0.25) is 0 Å². The number of benzene rings is 1. The third-order valence-corrected chi connectivity index (χ3v) is 3.01. The molecule has 1 unspecified atom stereocenters. The van der Waals surface area contributed by atoms with Crippen molar-refractivity contribution in [1.82, 2.24) is 5.32 Å².